The first kappa shape index (κ1) is 19.3. The van der Waals surface area contributed by atoms with E-state index in [4.69, 9.17) is 18.9 Å². The minimum atomic E-state index is -0.100. The molecule has 0 N–H and O–H groups in total. The van der Waals surface area contributed by atoms with Gasteiger partial charge in [-0.25, -0.2) is 0 Å². The summed E-state index contributed by atoms with van der Waals surface area (Å²) in [7, 11) is 0. The van der Waals surface area contributed by atoms with Gasteiger partial charge in [-0.15, -0.1) is 0 Å². The maximum atomic E-state index is 13.3. The molecular weight excluding hydrogens is 356 g/mol. The molecule has 0 saturated heterocycles. The third-order valence-corrected chi connectivity index (χ3v) is 5.92. The summed E-state index contributed by atoms with van der Waals surface area (Å²) in [5.74, 6) is 1.90. The first-order valence-corrected chi connectivity index (χ1v) is 10.5. The second-order valence-electron chi connectivity index (χ2n) is 8.28. The van der Waals surface area contributed by atoms with Crippen molar-refractivity contribution in [1.29, 1.82) is 0 Å². The van der Waals surface area contributed by atoms with Gasteiger partial charge in [-0.2, -0.15) is 0 Å². The van der Waals surface area contributed by atoms with Crippen LogP contribution >= 0.6 is 0 Å². The van der Waals surface area contributed by atoms with Crippen LogP contribution in [0.5, 0.6) is 11.5 Å². The summed E-state index contributed by atoms with van der Waals surface area (Å²) < 4.78 is 23.5. The summed E-state index contributed by atoms with van der Waals surface area (Å²) in [5.41, 5.74) is 1.47. The van der Waals surface area contributed by atoms with Crippen LogP contribution in [0.2, 0.25) is 0 Å². The smallest absolute Gasteiger partial charge is 0.173 e. The molecule has 1 saturated carbocycles. The normalized spacial score (nSPS) is 29.1. The minimum absolute atomic E-state index is 0.0923. The molecule has 152 valence electrons. The molecule has 1 aromatic carbocycles. The maximum absolute atomic E-state index is 13.3. The van der Waals surface area contributed by atoms with E-state index in [2.05, 4.69) is 20.8 Å². The van der Waals surface area contributed by atoms with Gasteiger partial charge in [-0.3, -0.25) is 4.79 Å². The average Bonchev–Trinajstić information content (AvgIpc) is 2.68. The van der Waals surface area contributed by atoms with Gasteiger partial charge in [0.25, 0.3) is 0 Å². The van der Waals surface area contributed by atoms with Crippen molar-refractivity contribution in [2.45, 2.75) is 64.8 Å². The molecule has 4 unspecified atom stereocenters. The lowest BCUT2D eigenvalue weighted by molar-refractivity contribution is -0.135. The Morgan fingerprint density at radius 1 is 1.14 bits per heavy atom. The van der Waals surface area contributed by atoms with Gasteiger partial charge in [0.15, 0.2) is 17.3 Å². The average molecular weight is 386 g/mol. The van der Waals surface area contributed by atoms with Crippen LogP contribution < -0.4 is 9.47 Å². The standard InChI is InChI=1S/C23H30O5/c1-4-5-16-10-17-21(12-20(16)28-14(2)3)27-13-18(23(17)24)15-6-7-19-22(11-15)26-9-8-25-19/h6-7,11,13-14,16-17,20-21H,4-5,8-10,12H2,1-3H3. The van der Waals surface area contributed by atoms with E-state index < -0.39 is 0 Å². The Morgan fingerprint density at radius 3 is 2.68 bits per heavy atom. The number of benzene rings is 1. The Labute approximate surface area is 167 Å². The number of allylic oxidation sites excluding steroid dienone is 1. The van der Waals surface area contributed by atoms with Crippen LogP contribution in [-0.4, -0.2) is 37.3 Å². The van der Waals surface area contributed by atoms with Gasteiger partial charge in [0.2, 0.25) is 0 Å². The molecule has 2 heterocycles. The third-order valence-electron chi connectivity index (χ3n) is 5.92. The third kappa shape index (κ3) is 3.77. The molecule has 3 aliphatic rings. The van der Waals surface area contributed by atoms with Crippen LogP contribution in [0.15, 0.2) is 24.5 Å². The molecule has 0 aromatic heterocycles. The summed E-state index contributed by atoms with van der Waals surface area (Å²) in [5, 5.41) is 0. The predicted molar refractivity (Wildman–Crippen MR) is 106 cm³/mol. The zero-order valence-corrected chi connectivity index (χ0v) is 17.0. The zero-order valence-electron chi connectivity index (χ0n) is 17.0. The Bertz CT molecular complexity index is 753. The SMILES string of the molecule is CCCC1CC2C(=O)C(c3ccc4c(c3)OCCO4)=COC2CC1OC(C)C. The molecule has 4 atom stereocenters. The molecule has 2 aliphatic heterocycles. The lowest BCUT2D eigenvalue weighted by atomic mass is 9.71. The number of rotatable bonds is 5. The molecule has 1 fully saturated rings. The van der Waals surface area contributed by atoms with Crippen molar-refractivity contribution in [3.05, 3.63) is 30.0 Å². The van der Waals surface area contributed by atoms with Gasteiger partial charge in [-0.05, 0) is 50.3 Å². The van der Waals surface area contributed by atoms with Crippen LogP contribution in [0.4, 0.5) is 0 Å². The van der Waals surface area contributed by atoms with Gasteiger partial charge < -0.3 is 18.9 Å². The highest BCUT2D eigenvalue weighted by Gasteiger charge is 2.45. The van der Waals surface area contributed by atoms with Gasteiger partial charge in [0, 0.05) is 6.42 Å². The molecule has 0 radical (unpaired) electrons. The van der Waals surface area contributed by atoms with Crippen molar-refractivity contribution in [3.63, 3.8) is 0 Å². The quantitative estimate of drug-likeness (QED) is 0.751. The van der Waals surface area contributed by atoms with E-state index in [-0.39, 0.29) is 30.0 Å². The van der Waals surface area contributed by atoms with Gasteiger partial charge in [0.05, 0.1) is 30.0 Å². The first-order chi connectivity index (χ1) is 13.6. The van der Waals surface area contributed by atoms with E-state index >= 15 is 0 Å². The fourth-order valence-corrected chi connectivity index (χ4v) is 4.67. The van der Waals surface area contributed by atoms with E-state index in [0.717, 1.165) is 37.0 Å². The Morgan fingerprint density at radius 2 is 1.93 bits per heavy atom. The monoisotopic (exact) mass is 386 g/mol. The lowest BCUT2D eigenvalue weighted by Crippen LogP contribution is -2.46. The predicted octanol–water partition coefficient (Wildman–Crippen LogP) is 4.39. The fourth-order valence-electron chi connectivity index (χ4n) is 4.67. The highest BCUT2D eigenvalue weighted by Crippen LogP contribution is 2.42. The van der Waals surface area contributed by atoms with E-state index in [0.29, 0.717) is 30.5 Å². The molecule has 5 nitrogen and oxygen atoms in total. The summed E-state index contributed by atoms with van der Waals surface area (Å²) in [6.07, 6.45) is 5.69. The topological polar surface area (TPSA) is 54.0 Å². The van der Waals surface area contributed by atoms with Crippen molar-refractivity contribution in [2.24, 2.45) is 11.8 Å². The lowest BCUT2D eigenvalue weighted by Gasteiger charge is -2.42. The second kappa shape index (κ2) is 8.16. The maximum Gasteiger partial charge on any atom is 0.173 e. The number of hydrogen-bond acceptors (Lipinski definition) is 5. The molecule has 4 rings (SSSR count). The Balaban J connectivity index is 1.56. The molecule has 1 aromatic rings. The highest BCUT2D eigenvalue weighted by molar-refractivity contribution is 6.22. The van der Waals surface area contributed by atoms with E-state index in [1.807, 2.05) is 18.2 Å². The number of ether oxygens (including phenoxy) is 4. The summed E-state index contributed by atoms with van der Waals surface area (Å²) in [4.78, 5) is 13.3. The van der Waals surface area contributed by atoms with Gasteiger partial charge >= 0.3 is 0 Å². The molecule has 0 amide bonds. The number of fused-ring (bicyclic) bond motifs is 2. The number of carbonyl (C=O) groups excluding carboxylic acids is 1. The second-order valence-corrected chi connectivity index (χ2v) is 8.28. The first-order valence-electron chi connectivity index (χ1n) is 10.5. The van der Waals surface area contributed by atoms with Crippen molar-refractivity contribution >= 4 is 11.4 Å². The molecule has 0 spiro atoms. The van der Waals surface area contributed by atoms with Crippen LogP contribution in [0, 0.1) is 11.8 Å². The summed E-state index contributed by atoms with van der Waals surface area (Å²) in [6, 6.07) is 5.67. The number of Topliss-reactive ketones (excluding diaryl/α,β-unsaturated/α-hetero) is 1. The van der Waals surface area contributed by atoms with E-state index in [9.17, 15) is 4.79 Å². The minimum Gasteiger partial charge on any atom is -0.496 e. The van der Waals surface area contributed by atoms with Gasteiger partial charge in [0.1, 0.15) is 19.3 Å². The summed E-state index contributed by atoms with van der Waals surface area (Å²) in [6.45, 7) is 7.42. The Kier molecular flexibility index (Phi) is 5.63. The van der Waals surface area contributed by atoms with Crippen LogP contribution in [0.25, 0.3) is 5.57 Å². The molecular formula is C23H30O5. The van der Waals surface area contributed by atoms with Crippen LogP contribution in [-0.2, 0) is 14.3 Å². The molecule has 1 aliphatic carbocycles. The van der Waals surface area contributed by atoms with Crippen molar-refractivity contribution in [3.8, 4) is 11.5 Å². The number of hydrogen-bond donors (Lipinski definition) is 0. The van der Waals surface area contributed by atoms with Gasteiger partial charge in [-0.1, -0.05) is 19.4 Å². The van der Waals surface area contributed by atoms with E-state index in [1.165, 1.54) is 0 Å². The molecule has 28 heavy (non-hydrogen) atoms. The highest BCUT2D eigenvalue weighted by atomic mass is 16.6. The molecule has 5 heteroatoms. The van der Waals surface area contributed by atoms with Crippen LogP contribution in [0.3, 0.4) is 0 Å². The molecule has 0 bridgehead atoms. The fraction of sp³-hybridized carbons (Fsp3) is 0.609. The van der Waals surface area contributed by atoms with Crippen molar-refractivity contribution in [2.75, 3.05) is 13.2 Å². The Hall–Kier alpha value is -2.01. The summed E-state index contributed by atoms with van der Waals surface area (Å²) >= 11 is 0. The largest absolute Gasteiger partial charge is 0.496 e. The number of carbonyl (C=O) groups is 1. The van der Waals surface area contributed by atoms with Crippen molar-refractivity contribution < 1.29 is 23.7 Å². The zero-order chi connectivity index (χ0) is 19.7. The van der Waals surface area contributed by atoms with Crippen molar-refractivity contribution in [1.82, 2.24) is 0 Å². The van der Waals surface area contributed by atoms with E-state index in [1.54, 1.807) is 6.26 Å². The number of ketones is 1. The van der Waals surface area contributed by atoms with Crippen LogP contribution in [0.1, 0.15) is 52.0 Å².